The fourth-order valence-corrected chi connectivity index (χ4v) is 2.83. The largest absolute Gasteiger partial charge is 0.419 e. The summed E-state index contributed by atoms with van der Waals surface area (Å²) in [5, 5.41) is 0. The summed E-state index contributed by atoms with van der Waals surface area (Å²) in [6.45, 7) is 2.11. The average molecular weight is 318 g/mol. The third-order valence-corrected chi connectivity index (χ3v) is 3.95. The molecule has 7 heteroatoms. The van der Waals surface area contributed by atoms with Crippen LogP contribution in [0.5, 0.6) is 0 Å². The Morgan fingerprint density at radius 2 is 2.05 bits per heavy atom. The van der Waals surface area contributed by atoms with E-state index in [1.807, 2.05) is 0 Å². The number of carbonyl (C=O) groups excluding carboxylic acids is 1. The molecule has 1 aliphatic heterocycles. The van der Waals surface area contributed by atoms with Crippen LogP contribution in [0.15, 0.2) is 18.2 Å². The first-order valence-electron chi connectivity index (χ1n) is 7.15. The Labute approximate surface area is 126 Å². The van der Waals surface area contributed by atoms with Gasteiger partial charge in [0, 0.05) is 18.6 Å². The molecule has 0 radical (unpaired) electrons. The highest BCUT2D eigenvalue weighted by molar-refractivity contribution is 5.95. The molecule has 1 saturated heterocycles. The zero-order valence-corrected chi connectivity index (χ0v) is 12.2. The number of rotatable bonds is 2. The summed E-state index contributed by atoms with van der Waals surface area (Å²) in [6.07, 6.45) is -2.54. The van der Waals surface area contributed by atoms with Gasteiger partial charge in [0.15, 0.2) is 0 Å². The molecule has 22 heavy (non-hydrogen) atoms. The van der Waals surface area contributed by atoms with Gasteiger partial charge >= 0.3 is 6.18 Å². The van der Waals surface area contributed by atoms with E-state index in [0.29, 0.717) is 19.0 Å². The lowest BCUT2D eigenvalue weighted by atomic mass is 9.95. The minimum absolute atomic E-state index is 0.282. The molecule has 1 aromatic rings. The van der Waals surface area contributed by atoms with Crippen molar-refractivity contribution in [1.29, 1.82) is 0 Å². The SMILES string of the molecule is CC(N)C1CCCCN1C(=O)c1cccc(C(F)(F)F)c1F. The molecule has 2 N–H and O–H groups in total. The van der Waals surface area contributed by atoms with Crippen LogP contribution in [0.2, 0.25) is 0 Å². The van der Waals surface area contributed by atoms with Crippen molar-refractivity contribution in [3.05, 3.63) is 35.1 Å². The summed E-state index contributed by atoms with van der Waals surface area (Å²) >= 11 is 0. The number of alkyl halides is 3. The van der Waals surface area contributed by atoms with Crippen molar-refractivity contribution >= 4 is 5.91 Å². The Morgan fingerprint density at radius 3 is 2.64 bits per heavy atom. The highest BCUT2D eigenvalue weighted by Gasteiger charge is 2.37. The summed E-state index contributed by atoms with van der Waals surface area (Å²) in [6, 6.07) is 2.16. The molecule has 2 atom stereocenters. The molecule has 1 aliphatic rings. The van der Waals surface area contributed by atoms with Crippen LogP contribution in [-0.2, 0) is 6.18 Å². The Morgan fingerprint density at radius 1 is 1.36 bits per heavy atom. The van der Waals surface area contributed by atoms with Crippen molar-refractivity contribution in [2.75, 3.05) is 6.54 Å². The molecular weight excluding hydrogens is 300 g/mol. The summed E-state index contributed by atoms with van der Waals surface area (Å²) in [4.78, 5) is 13.9. The van der Waals surface area contributed by atoms with Gasteiger partial charge < -0.3 is 10.6 Å². The zero-order valence-electron chi connectivity index (χ0n) is 12.2. The lowest BCUT2D eigenvalue weighted by Crippen LogP contribution is -2.51. The summed E-state index contributed by atoms with van der Waals surface area (Å²) < 4.78 is 52.4. The molecule has 1 amide bonds. The van der Waals surface area contributed by atoms with E-state index in [0.717, 1.165) is 25.0 Å². The van der Waals surface area contributed by atoms with Crippen LogP contribution < -0.4 is 5.73 Å². The molecule has 122 valence electrons. The molecule has 0 bridgehead atoms. The number of carbonyl (C=O) groups is 1. The third-order valence-electron chi connectivity index (χ3n) is 3.95. The number of hydrogen-bond acceptors (Lipinski definition) is 2. The second kappa shape index (κ2) is 6.24. The molecule has 1 heterocycles. The molecule has 3 nitrogen and oxygen atoms in total. The van der Waals surface area contributed by atoms with Crippen molar-refractivity contribution in [3.8, 4) is 0 Å². The van der Waals surface area contributed by atoms with E-state index in [2.05, 4.69) is 0 Å². The second-order valence-corrected chi connectivity index (χ2v) is 5.59. The number of amides is 1. The maximum absolute atomic E-state index is 14.1. The van der Waals surface area contributed by atoms with E-state index in [-0.39, 0.29) is 12.1 Å². The zero-order chi connectivity index (χ0) is 16.5. The van der Waals surface area contributed by atoms with E-state index in [4.69, 9.17) is 5.73 Å². The predicted octanol–water partition coefficient (Wildman–Crippen LogP) is 3.19. The molecule has 0 aliphatic carbocycles. The number of likely N-dealkylation sites (tertiary alicyclic amines) is 1. The van der Waals surface area contributed by atoms with Gasteiger partial charge in [0.2, 0.25) is 0 Å². The van der Waals surface area contributed by atoms with E-state index < -0.39 is 29.0 Å². The minimum Gasteiger partial charge on any atom is -0.334 e. The van der Waals surface area contributed by atoms with Gasteiger partial charge in [0.1, 0.15) is 5.82 Å². The molecule has 0 spiro atoms. The Bertz CT molecular complexity index is 557. The monoisotopic (exact) mass is 318 g/mol. The van der Waals surface area contributed by atoms with Crippen molar-refractivity contribution in [2.24, 2.45) is 5.73 Å². The number of hydrogen-bond donors (Lipinski definition) is 1. The van der Waals surface area contributed by atoms with E-state index in [1.165, 1.54) is 4.90 Å². The number of nitrogens with two attached hydrogens (primary N) is 1. The maximum atomic E-state index is 14.1. The Balaban J connectivity index is 2.37. The lowest BCUT2D eigenvalue weighted by molar-refractivity contribution is -0.140. The third kappa shape index (κ3) is 3.24. The van der Waals surface area contributed by atoms with Crippen LogP contribution in [0, 0.1) is 5.82 Å². The minimum atomic E-state index is -4.83. The predicted molar refractivity (Wildman–Crippen MR) is 73.7 cm³/mol. The molecule has 0 saturated carbocycles. The summed E-state index contributed by atoms with van der Waals surface area (Å²) in [5.74, 6) is -2.25. The molecule has 0 aromatic heterocycles. The van der Waals surface area contributed by atoms with Gasteiger partial charge in [-0.3, -0.25) is 4.79 Å². The fraction of sp³-hybridized carbons (Fsp3) is 0.533. The van der Waals surface area contributed by atoms with Crippen LogP contribution >= 0.6 is 0 Å². The van der Waals surface area contributed by atoms with Crippen LogP contribution in [0.3, 0.4) is 0 Å². The van der Waals surface area contributed by atoms with Gasteiger partial charge in [0.05, 0.1) is 11.1 Å². The van der Waals surface area contributed by atoms with Gasteiger partial charge in [-0.2, -0.15) is 13.2 Å². The Hall–Kier alpha value is -1.63. The summed E-state index contributed by atoms with van der Waals surface area (Å²) in [7, 11) is 0. The number of halogens is 4. The standard InChI is InChI=1S/C15H18F4N2O/c1-9(20)12-7-2-3-8-21(12)14(22)10-5-4-6-11(13(10)16)15(17,18)19/h4-6,9,12H,2-3,7-8,20H2,1H3. The molecule has 1 aromatic carbocycles. The quantitative estimate of drug-likeness (QED) is 0.851. The van der Waals surface area contributed by atoms with Crippen molar-refractivity contribution < 1.29 is 22.4 Å². The number of benzene rings is 1. The van der Waals surface area contributed by atoms with Crippen LogP contribution in [0.1, 0.15) is 42.1 Å². The van der Waals surface area contributed by atoms with Gasteiger partial charge in [-0.1, -0.05) is 6.07 Å². The first-order chi connectivity index (χ1) is 10.2. The van der Waals surface area contributed by atoms with Crippen molar-refractivity contribution in [2.45, 2.75) is 44.4 Å². The molecule has 2 unspecified atom stereocenters. The summed E-state index contributed by atoms with van der Waals surface area (Å²) in [5.41, 5.74) is 3.87. The highest BCUT2D eigenvalue weighted by Crippen LogP contribution is 2.33. The fourth-order valence-electron chi connectivity index (χ4n) is 2.83. The Kier molecular flexibility index (Phi) is 4.75. The first-order valence-corrected chi connectivity index (χ1v) is 7.15. The van der Waals surface area contributed by atoms with Gasteiger partial charge in [-0.05, 0) is 38.3 Å². The highest BCUT2D eigenvalue weighted by atomic mass is 19.4. The van der Waals surface area contributed by atoms with Gasteiger partial charge in [0.25, 0.3) is 5.91 Å². The van der Waals surface area contributed by atoms with Gasteiger partial charge in [-0.25, -0.2) is 4.39 Å². The molecule has 1 fully saturated rings. The van der Waals surface area contributed by atoms with Crippen LogP contribution in [-0.4, -0.2) is 29.4 Å². The smallest absolute Gasteiger partial charge is 0.334 e. The van der Waals surface area contributed by atoms with E-state index >= 15 is 0 Å². The average Bonchev–Trinajstić information content (AvgIpc) is 2.45. The lowest BCUT2D eigenvalue weighted by Gasteiger charge is -2.38. The maximum Gasteiger partial charge on any atom is 0.419 e. The topological polar surface area (TPSA) is 46.3 Å². The van der Waals surface area contributed by atoms with Crippen molar-refractivity contribution in [1.82, 2.24) is 4.90 Å². The van der Waals surface area contributed by atoms with Gasteiger partial charge in [-0.15, -0.1) is 0 Å². The number of piperidine rings is 1. The second-order valence-electron chi connectivity index (χ2n) is 5.59. The molecular formula is C15H18F4N2O. The van der Waals surface area contributed by atoms with E-state index in [1.54, 1.807) is 6.92 Å². The number of nitrogens with zero attached hydrogens (tertiary/aromatic N) is 1. The molecule has 2 rings (SSSR count). The van der Waals surface area contributed by atoms with Crippen LogP contribution in [0.25, 0.3) is 0 Å². The van der Waals surface area contributed by atoms with Crippen molar-refractivity contribution in [3.63, 3.8) is 0 Å². The van der Waals surface area contributed by atoms with E-state index in [9.17, 15) is 22.4 Å². The normalized spacial score (nSPS) is 20.8. The first kappa shape index (κ1) is 16.7. The van der Waals surface area contributed by atoms with Crippen LogP contribution in [0.4, 0.5) is 17.6 Å².